The van der Waals surface area contributed by atoms with E-state index in [1.807, 2.05) is 0 Å². The van der Waals surface area contributed by atoms with Crippen LogP contribution in [0.15, 0.2) is 0 Å². The Bertz CT molecular complexity index is 276. The summed E-state index contributed by atoms with van der Waals surface area (Å²) in [5.74, 6) is 1.56. The van der Waals surface area contributed by atoms with Gasteiger partial charge in [-0.25, -0.2) is 0 Å². The van der Waals surface area contributed by atoms with Crippen LogP contribution in [0.2, 0.25) is 0 Å². The summed E-state index contributed by atoms with van der Waals surface area (Å²) in [6, 6.07) is 0.429. The number of nitrogens with two attached hydrogens (primary N) is 1. The van der Waals surface area contributed by atoms with Crippen molar-refractivity contribution in [3.05, 3.63) is 0 Å². The fourth-order valence-electron chi connectivity index (χ4n) is 3.65. The van der Waals surface area contributed by atoms with Crippen molar-refractivity contribution in [2.45, 2.75) is 46.1 Å². The predicted molar refractivity (Wildman–Crippen MR) is 82.2 cm³/mol. The zero-order chi connectivity index (χ0) is 14.0. The molecule has 2 fully saturated rings. The van der Waals surface area contributed by atoms with E-state index in [1.165, 1.54) is 52.0 Å². The summed E-state index contributed by atoms with van der Waals surface area (Å²) in [6.07, 6.45) is 3.88. The highest BCUT2D eigenvalue weighted by Gasteiger charge is 2.35. The highest BCUT2D eigenvalue weighted by atomic mass is 15.2. The lowest BCUT2D eigenvalue weighted by Gasteiger charge is -2.43. The van der Waals surface area contributed by atoms with Crippen LogP contribution in [0.25, 0.3) is 0 Å². The summed E-state index contributed by atoms with van der Waals surface area (Å²) >= 11 is 0. The summed E-state index contributed by atoms with van der Waals surface area (Å²) in [5, 5.41) is 0. The number of hydrogen-bond acceptors (Lipinski definition) is 3. The molecule has 0 amide bonds. The van der Waals surface area contributed by atoms with E-state index in [4.69, 9.17) is 5.73 Å². The smallest absolute Gasteiger partial charge is 0.0110 e. The second-order valence-electron chi connectivity index (χ2n) is 7.90. The molecule has 0 aromatic rings. The van der Waals surface area contributed by atoms with E-state index in [-0.39, 0.29) is 0 Å². The van der Waals surface area contributed by atoms with Crippen LogP contribution >= 0.6 is 0 Å². The van der Waals surface area contributed by atoms with Crippen molar-refractivity contribution in [2.75, 3.05) is 39.8 Å². The van der Waals surface area contributed by atoms with Crippen LogP contribution < -0.4 is 5.73 Å². The summed E-state index contributed by atoms with van der Waals surface area (Å²) < 4.78 is 0. The molecule has 2 rings (SSSR count). The van der Waals surface area contributed by atoms with Gasteiger partial charge in [-0.2, -0.15) is 0 Å². The van der Waals surface area contributed by atoms with Gasteiger partial charge in [-0.15, -0.1) is 0 Å². The average Bonchev–Trinajstić information content (AvgIpc) is 2.33. The summed E-state index contributed by atoms with van der Waals surface area (Å²) in [4.78, 5) is 5.06. The molecule has 2 aliphatic rings. The van der Waals surface area contributed by atoms with Crippen LogP contribution in [0.1, 0.15) is 40.0 Å². The van der Waals surface area contributed by atoms with Crippen molar-refractivity contribution in [1.29, 1.82) is 0 Å². The van der Waals surface area contributed by atoms with Gasteiger partial charge in [0.2, 0.25) is 0 Å². The monoisotopic (exact) mass is 267 g/mol. The van der Waals surface area contributed by atoms with E-state index in [0.29, 0.717) is 17.4 Å². The fraction of sp³-hybridized carbons (Fsp3) is 1.00. The van der Waals surface area contributed by atoms with E-state index in [2.05, 4.69) is 37.6 Å². The first-order chi connectivity index (χ1) is 8.86. The molecule has 0 bridgehead atoms. The Hall–Kier alpha value is -0.120. The summed E-state index contributed by atoms with van der Waals surface area (Å²) in [7, 11) is 2.22. The normalized spacial score (nSPS) is 35.5. The van der Waals surface area contributed by atoms with Crippen LogP contribution in [0.4, 0.5) is 0 Å². The van der Waals surface area contributed by atoms with Crippen LogP contribution in [0.3, 0.4) is 0 Å². The van der Waals surface area contributed by atoms with Crippen molar-refractivity contribution in [1.82, 2.24) is 9.80 Å². The van der Waals surface area contributed by atoms with Crippen molar-refractivity contribution >= 4 is 0 Å². The van der Waals surface area contributed by atoms with E-state index >= 15 is 0 Å². The third-order valence-corrected chi connectivity index (χ3v) is 5.35. The summed E-state index contributed by atoms with van der Waals surface area (Å²) in [6.45, 7) is 13.3. The molecular weight excluding hydrogens is 234 g/mol. The lowest BCUT2D eigenvalue weighted by molar-refractivity contribution is 0.0789. The molecule has 0 spiro atoms. The van der Waals surface area contributed by atoms with Gasteiger partial charge in [-0.3, -0.25) is 0 Å². The minimum Gasteiger partial charge on any atom is -0.327 e. The predicted octanol–water partition coefficient (Wildman–Crippen LogP) is 2.02. The molecule has 1 heterocycles. The Balaban J connectivity index is 1.87. The first-order valence-electron chi connectivity index (χ1n) is 8.02. The third-order valence-electron chi connectivity index (χ3n) is 5.35. The van der Waals surface area contributed by atoms with E-state index in [0.717, 1.165) is 5.92 Å². The highest BCUT2D eigenvalue weighted by Crippen LogP contribution is 2.40. The minimum absolute atomic E-state index is 0.429. The van der Waals surface area contributed by atoms with Crippen LogP contribution in [0.5, 0.6) is 0 Å². The zero-order valence-corrected chi connectivity index (χ0v) is 13.4. The Labute approximate surface area is 119 Å². The maximum absolute atomic E-state index is 6.39. The van der Waals surface area contributed by atoms with Crippen molar-refractivity contribution < 1.29 is 0 Å². The molecular formula is C16H33N3. The molecule has 0 radical (unpaired) electrons. The SMILES string of the molecule is CN1CCN(CC2CC(C(C)(C)C)CCC2N)CC1. The maximum Gasteiger partial charge on any atom is 0.0110 e. The molecule has 112 valence electrons. The standard InChI is InChI=1S/C16H33N3/c1-16(2,3)14-5-6-15(17)13(11-14)12-19-9-7-18(4)8-10-19/h13-15H,5-12,17H2,1-4H3. The van der Waals surface area contributed by atoms with Gasteiger partial charge in [0, 0.05) is 38.8 Å². The molecule has 1 saturated carbocycles. The molecule has 1 aliphatic heterocycles. The lowest BCUT2D eigenvalue weighted by atomic mass is 9.67. The van der Waals surface area contributed by atoms with E-state index < -0.39 is 0 Å². The van der Waals surface area contributed by atoms with Gasteiger partial charge >= 0.3 is 0 Å². The number of likely N-dealkylation sites (N-methyl/N-ethyl adjacent to an activating group) is 1. The van der Waals surface area contributed by atoms with Gasteiger partial charge in [0.1, 0.15) is 0 Å². The molecule has 1 saturated heterocycles. The number of rotatable bonds is 2. The van der Waals surface area contributed by atoms with Gasteiger partial charge < -0.3 is 15.5 Å². The zero-order valence-electron chi connectivity index (χ0n) is 13.4. The number of piperazine rings is 1. The number of hydrogen-bond donors (Lipinski definition) is 1. The van der Waals surface area contributed by atoms with Crippen molar-refractivity contribution in [3.8, 4) is 0 Å². The first-order valence-corrected chi connectivity index (χ1v) is 8.02. The highest BCUT2D eigenvalue weighted by molar-refractivity contribution is 4.89. The van der Waals surface area contributed by atoms with Crippen molar-refractivity contribution in [2.24, 2.45) is 23.0 Å². The molecule has 0 aromatic heterocycles. The average molecular weight is 267 g/mol. The second-order valence-corrected chi connectivity index (χ2v) is 7.90. The summed E-state index contributed by atoms with van der Waals surface area (Å²) in [5.41, 5.74) is 6.84. The van der Waals surface area contributed by atoms with Crippen LogP contribution in [-0.4, -0.2) is 55.6 Å². The van der Waals surface area contributed by atoms with Gasteiger partial charge in [0.25, 0.3) is 0 Å². The van der Waals surface area contributed by atoms with Crippen LogP contribution in [0, 0.1) is 17.3 Å². The van der Waals surface area contributed by atoms with Crippen molar-refractivity contribution in [3.63, 3.8) is 0 Å². The van der Waals surface area contributed by atoms with E-state index in [9.17, 15) is 0 Å². The van der Waals surface area contributed by atoms with Gasteiger partial charge in [0.15, 0.2) is 0 Å². The Morgan fingerprint density at radius 3 is 2.26 bits per heavy atom. The largest absolute Gasteiger partial charge is 0.327 e. The Morgan fingerprint density at radius 2 is 1.68 bits per heavy atom. The molecule has 1 aliphatic carbocycles. The second kappa shape index (κ2) is 6.11. The molecule has 2 N–H and O–H groups in total. The van der Waals surface area contributed by atoms with Gasteiger partial charge in [-0.05, 0) is 43.6 Å². The molecule has 0 aromatic carbocycles. The molecule has 3 heteroatoms. The lowest BCUT2D eigenvalue weighted by Crippen LogP contribution is -2.50. The molecule has 3 atom stereocenters. The van der Waals surface area contributed by atoms with E-state index in [1.54, 1.807) is 0 Å². The first kappa shape index (κ1) is 15.3. The number of nitrogens with zero attached hydrogens (tertiary/aromatic N) is 2. The van der Waals surface area contributed by atoms with Gasteiger partial charge in [0.05, 0.1) is 0 Å². The molecule has 19 heavy (non-hydrogen) atoms. The Morgan fingerprint density at radius 1 is 1.05 bits per heavy atom. The third kappa shape index (κ3) is 4.17. The molecule has 3 nitrogen and oxygen atoms in total. The maximum atomic E-state index is 6.39. The molecule has 3 unspecified atom stereocenters. The minimum atomic E-state index is 0.429. The Kier molecular flexibility index (Phi) is 4.91. The van der Waals surface area contributed by atoms with Gasteiger partial charge in [-0.1, -0.05) is 20.8 Å². The topological polar surface area (TPSA) is 32.5 Å². The fourth-order valence-corrected chi connectivity index (χ4v) is 3.65. The quantitative estimate of drug-likeness (QED) is 0.831. The van der Waals surface area contributed by atoms with Crippen LogP contribution in [-0.2, 0) is 0 Å².